The lowest BCUT2D eigenvalue weighted by atomic mass is 9.77. The molecule has 4 heteroatoms. The van der Waals surface area contributed by atoms with Crippen molar-refractivity contribution < 1.29 is 19.4 Å². The maximum Gasteiger partial charge on any atom is 0.337 e. The third kappa shape index (κ3) is 4.16. The summed E-state index contributed by atoms with van der Waals surface area (Å²) < 4.78 is 10.8. The SMILES string of the molecule is COC(=O)c1ccc2c(c1)OCC(c1cc(C(C)(C)C)c(O)c(C(C)(C)C)c1)=C2. The second-order valence-electron chi connectivity index (χ2n) is 9.62. The van der Waals surface area contributed by atoms with Crippen molar-refractivity contribution in [2.24, 2.45) is 0 Å². The average Bonchev–Trinajstić information content (AvgIpc) is 2.64. The first-order chi connectivity index (χ1) is 13.4. The largest absolute Gasteiger partial charge is 0.507 e. The summed E-state index contributed by atoms with van der Waals surface area (Å²) in [6, 6.07) is 9.45. The van der Waals surface area contributed by atoms with E-state index in [1.807, 2.05) is 6.07 Å². The number of carbonyl (C=O) groups excluding carboxylic acids is 1. The van der Waals surface area contributed by atoms with Crippen molar-refractivity contribution in [3.63, 3.8) is 0 Å². The normalized spacial score (nSPS) is 14.0. The lowest BCUT2D eigenvalue weighted by molar-refractivity contribution is 0.0600. The Bertz CT molecular complexity index is 950. The topological polar surface area (TPSA) is 55.8 Å². The number of phenols is 1. The lowest BCUT2D eigenvalue weighted by Crippen LogP contribution is -2.18. The van der Waals surface area contributed by atoms with E-state index in [1.54, 1.807) is 12.1 Å². The van der Waals surface area contributed by atoms with Crippen LogP contribution in [0.25, 0.3) is 11.6 Å². The van der Waals surface area contributed by atoms with E-state index in [2.05, 4.69) is 59.8 Å². The van der Waals surface area contributed by atoms with Crippen molar-refractivity contribution in [3.8, 4) is 11.5 Å². The van der Waals surface area contributed by atoms with E-state index in [0.717, 1.165) is 27.8 Å². The predicted molar refractivity (Wildman–Crippen MR) is 117 cm³/mol. The fourth-order valence-electron chi connectivity index (χ4n) is 3.54. The van der Waals surface area contributed by atoms with E-state index < -0.39 is 0 Å². The number of phenolic OH excluding ortho intramolecular Hbond substituents is 1. The van der Waals surface area contributed by atoms with Crippen LogP contribution in [0.2, 0.25) is 0 Å². The zero-order valence-electron chi connectivity index (χ0n) is 18.3. The standard InChI is InChI=1S/C25H30O4/c1-24(2,3)19-11-17(12-20(22(19)26)25(4,5)6)18-10-15-8-9-16(23(27)28-7)13-21(15)29-14-18/h8-13,26H,14H2,1-7H3. The summed E-state index contributed by atoms with van der Waals surface area (Å²) in [7, 11) is 1.37. The minimum atomic E-state index is -0.380. The number of aromatic hydroxyl groups is 1. The number of esters is 1. The number of rotatable bonds is 2. The minimum Gasteiger partial charge on any atom is -0.507 e. The molecular weight excluding hydrogens is 364 g/mol. The van der Waals surface area contributed by atoms with Crippen LogP contribution < -0.4 is 4.74 Å². The van der Waals surface area contributed by atoms with Gasteiger partial charge in [0, 0.05) is 16.7 Å². The van der Waals surface area contributed by atoms with Crippen molar-refractivity contribution in [1.82, 2.24) is 0 Å². The average molecular weight is 395 g/mol. The van der Waals surface area contributed by atoms with E-state index in [4.69, 9.17) is 9.47 Å². The van der Waals surface area contributed by atoms with Crippen LogP contribution in [0.5, 0.6) is 11.5 Å². The van der Waals surface area contributed by atoms with Crippen LogP contribution in [0.15, 0.2) is 30.3 Å². The molecular formula is C25H30O4. The number of benzene rings is 2. The molecule has 0 aromatic heterocycles. The van der Waals surface area contributed by atoms with Crippen molar-refractivity contribution >= 4 is 17.6 Å². The molecule has 0 unspecified atom stereocenters. The number of carbonyl (C=O) groups is 1. The van der Waals surface area contributed by atoms with Crippen molar-refractivity contribution in [2.45, 2.75) is 52.4 Å². The van der Waals surface area contributed by atoms with E-state index in [0.29, 0.717) is 23.7 Å². The highest BCUT2D eigenvalue weighted by atomic mass is 16.5. The first-order valence-corrected chi connectivity index (χ1v) is 9.86. The first kappa shape index (κ1) is 21.0. The molecule has 0 radical (unpaired) electrons. The van der Waals surface area contributed by atoms with Gasteiger partial charge in [-0.25, -0.2) is 4.79 Å². The van der Waals surface area contributed by atoms with Gasteiger partial charge in [-0.2, -0.15) is 0 Å². The zero-order valence-corrected chi connectivity index (χ0v) is 18.3. The lowest BCUT2D eigenvalue weighted by Gasteiger charge is -2.29. The highest BCUT2D eigenvalue weighted by Crippen LogP contribution is 2.42. The van der Waals surface area contributed by atoms with Gasteiger partial charge in [0.05, 0.1) is 12.7 Å². The number of methoxy groups -OCH3 is 1. The summed E-state index contributed by atoms with van der Waals surface area (Å²) in [5.74, 6) is 0.658. The number of ether oxygens (including phenoxy) is 2. The molecule has 0 saturated heterocycles. The Morgan fingerprint density at radius 3 is 2.10 bits per heavy atom. The summed E-state index contributed by atoms with van der Waals surface area (Å²) >= 11 is 0. The third-order valence-electron chi connectivity index (χ3n) is 5.24. The smallest absolute Gasteiger partial charge is 0.337 e. The van der Waals surface area contributed by atoms with Gasteiger partial charge in [-0.1, -0.05) is 47.6 Å². The van der Waals surface area contributed by atoms with E-state index in [-0.39, 0.29) is 16.8 Å². The second-order valence-corrected chi connectivity index (χ2v) is 9.62. The van der Waals surface area contributed by atoms with Crippen LogP contribution in [0.3, 0.4) is 0 Å². The van der Waals surface area contributed by atoms with Crippen LogP contribution >= 0.6 is 0 Å². The maximum absolute atomic E-state index is 11.8. The van der Waals surface area contributed by atoms with Crippen LogP contribution in [0, 0.1) is 0 Å². The molecule has 0 spiro atoms. The molecule has 29 heavy (non-hydrogen) atoms. The number of hydrogen-bond acceptors (Lipinski definition) is 4. The van der Waals surface area contributed by atoms with E-state index in [1.165, 1.54) is 7.11 Å². The second kappa shape index (κ2) is 7.25. The van der Waals surface area contributed by atoms with Gasteiger partial charge in [-0.3, -0.25) is 0 Å². The van der Waals surface area contributed by atoms with Crippen molar-refractivity contribution in [1.29, 1.82) is 0 Å². The van der Waals surface area contributed by atoms with Crippen LogP contribution in [-0.4, -0.2) is 24.8 Å². The van der Waals surface area contributed by atoms with Gasteiger partial charge in [0.1, 0.15) is 18.1 Å². The molecule has 1 N–H and O–H groups in total. The fourth-order valence-corrected chi connectivity index (χ4v) is 3.54. The van der Waals surface area contributed by atoms with Crippen molar-refractivity contribution in [3.05, 3.63) is 58.1 Å². The monoisotopic (exact) mass is 394 g/mol. The van der Waals surface area contributed by atoms with Gasteiger partial charge >= 0.3 is 5.97 Å². The Kier molecular flexibility index (Phi) is 5.24. The van der Waals surface area contributed by atoms with Gasteiger partial charge in [0.15, 0.2) is 0 Å². The van der Waals surface area contributed by atoms with Gasteiger partial charge in [-0.15, -0.1) is 0 Å². The van der Waals surface area contributed by atoms with Crippen LogP contribution in [0.4, 0.5) is 0 Å². The van der Waals surface area contributed by atoms with E-state index >= 15 is 0 Å². The van der Waals surface area contributed by atoms with Gasteiger partial charge in [0.25, 0.3) is 0 Å². The molecule has 1 aliphatic heterocycles. The Balaban J connectivity index is 2.12. The highest BCUT2D eigenvalue weighted by Gasteiger charge is 2.27. The minimum absolute atomic E-state index is 0.191. The highest BCUT2D eigenvalue weighted by molar-refractivity contribution is 5.92. The van der Waals surface area contributed by atoms with Gasteiger partial charge in [0.2, 0.25) is 0 Å². The molecule has 2 aromatic rings. The molecule has 0 atom stereocenters. The molecule has 1 heterocycles. The van der Waals surface area contributed by atoms with Gasteiger partial charge < -0.3 is 14.6 Å². The third-order valence-corrected chi connectivity index (χ3v) is 5.24. The molecule has 0 saturated carbocycles. The molecule has 4 nitrogen and oxygen atoms in total. The molecule has 3 rings (SSSR count). The number of fused-ring (bicyclic) bond motifs is 1. The van der Waals surface area contributed by atoms with E-state index in [9.17, 15) is 9.90 Å². The predicted octanol–water partition coefficient (Wildman–Crippen LogP) is 5.71. The molecule has 2 aromatic carbocycles. The Morgan fingerprint density at radius 2 is 1.59 bits per heavy atom. The van der Waals surface area contributed by atoms with Crippen LogP contribution in [0.1, 0.15) is 74.2 Å². The Labute approximate surface area is 173 Å². The fraction of sp³-hybridized carbons (Fsp3) is 0.400. The van der Waals surface area contributed by atoms with Gasteiger partial charge in [-0.05, 0) is 52.3 Å². The summed E-state index contributed by atoms with van der Waals surface area (Å²) in [5, 5.41) is 11.0. The maximum atomic E-state index is 11.8. The zero-order chi connectivity index (χ0) is 21.6. The molecule has 1 aliphatic rings. The molecule has 0 aliphatic carbocycles. The molecule has 0 bridgehead atoms. The quantitative estimate of drug-likeness (QED) is 0.663. The summed E-state index contributed by atoms with van der Waals surface area (Å²) in [4.78, 5) is 11.8. The first-order valence-electron chi connectivity index (χ1n) is 9.86. The Morgan fingerprint density at radius 1 is 1.00 bits per heavy atom. The molecule has 0 fully saturated rings. The summed E-state index contributed by atoms with van der Waals surface area (Å²) in [6.45, 7) is 13.0. The van der Waals surface area contributed by atoms with Crippen molar-refractivity contribution in [2.75, 3.05) is 13.7 Å². The summed E-state index contributed by atoms with van der Waals surface area (Å²) in [5.41, 5.74) is 4.94. The Hall–Kier alpha value is -2.75. The van der Waals surface area contributed by atoms with Crippen LogP contribution in [-0.2, 0) is 15.6 Å². The molecule has 0 amide bonds. The number of hydrogen-bond donors (Lipinski definition) is 1. The summed E-state index contributed by atoms with van der Waals surface area (Å²) in [6.07, 6.45) is 2.09. The molecule has 154 valence electrons.